The Hall–Kier alpha value is -3.46. The van der Waals surface area contributed by atoms with Crippen molar-refractivity contribution in [3.8, 4) is 0 Å². The molecule has 3 N–H and O–H groups in total. The van der Waals surface area contributed by atoms with Crippen LogP contribution in [0.5, 0.6) is 0 Å². The molecule has 138 valence electrons. The van der Waals surface area contributed by atoms with E-state index in [-0.39, 0.29) is 16.4 Å². The summed E-state index contributed by atoms with van der Waals surface area (Å²) in [4.78, 5) is 19.5. The molecule has 0 spiro atoms. The molecule has 3 aromatic rings. The van der Waals surface area contributed by atoms with Crippen LogP contribution in [0.1, 0.15) is 10.4 Å². The van der Waals surface area contributed by atoms with E-state index in [1.54, 1.807) is 36.4 Å². The van der Waals surface area contributed by atoms with Crippen molar-refractivity contribution in [3.63, 3.8) is 0 Å². The summed E-state index contributed by atoms with van der Waals surface area (Å²) in [5.41, 5.74) is 1.21. The lowest BCUT2D eigenvalue weighted by Crippen LogP contribution is -2.05. The predicted molar refractivity (Wildman–Crippen MR) is 102 cm³/mol. The van der Waals surface area contributed by atoms with Crippen LogP contribution in [0.15, 0.2) is 65.7 Å². The maximum atomic E-state index is 11.9. The normalized spacial score (nSPS) is 11.0. The zero-order chi connectivity index (χ0) is 19.4. The average molecular weight is 384 g/mol. The zero-order valence-corrected chi connectivity index (χ0v) is 15.1. The molecule has 0 amide bonds. The van der Waals surface area contributed by atoms with Crippen molar-refractivity contribution >= 4 is 38.9 Å². The lowest BCUT2D eigenvalue weighted by molar-refractivity contribution is 0.0697. The molecule has 27 heavy (non-hydrogen) atoms. The summed E-state index contributed by atoms with van der Waals surface area (Å²) in [5, 5.41) is 14.9. The number of hydrogen-bond acceptors (Lipinski definition) is 7. The van der Waals surface area contributed by atoms with Gasteiger partial charge < -0.3 is 15.7 Å². The first-order valence-corrected chi connectivity index (χ1v) is 9.71. The van der Waals surface area contributed by atoms with Crippen LogP contribution in [-0.2, 0) is 9.84 Å². The molecule has 3 rings (SSSR count). The van der Waals surface area contributed by atoms with Gasteiger partial charge in [0.05, 0.1) is 16.1 Å². The topological polar surface area (TPSA) is 121 Å². The Morgan fingerprint density at radius 3 is 2.37 bits per heavy atom. The molecule has 2 aromatic carbocycles. The Kier molecular flexibility index (Phi) is 5.04. The van der Waals surface area contributed by atoms with Gasteiger partial charge in [-0.1, -0.05) is 12.1 Å². The number of hydrogen-bond donors (Lipinski definition) is 3. The van der Waals surface area contributed by atoms with E-state index in [1.807, 2.05) is 0 Å². The number of aromatic nitrogens is 2. The summed E-state index contributed by atoms with van der Waals surface area (Å²) < 4.78 is 23.8. The summed E-state index contributed by atoms with van der Waals surface area (Å²) in [6.45, 7) is 0. The Morgan fingerprint density at radius 1 is 1.00 bits per heavy atom. The molecule has 0 atom stereocenters. The zero-order valence-electron chi connectivity index (χ0n) is 14.2. The van der Waals surface area contributed by atoms with Crippen molar-refractivity contribution in [2.45, 2.75) is 4.90 Å². The Labute approximate surface area is 155 Å². The summed E-state index contributed by atoms with van der Waals surface area (Å²) in [6.07, 6.45) is 2.66. The molecule has 9 heteroatoms. The van der Waals surface area contributed by atoms with Gasteiger partial charge in [0.2, 0.25) is 5.95 Å². The number of anilines is 4. The second-order valence-electron chi connectivity index (χ2n) is 5.67. The molecule has 0 aliphatic rings. The quantitative estimate of drug-likeness (QED) is 0.593. The molecule has 0 radical (unpaired) electrons. The Bertz CT molecular complexity index is 1080. The van der Waals surface area contributed by atoms with Gasteiger partial charge in [0.25, 0.3) is 0 Å². The number of carboxylic acids is 1. The van der Waals surface area contributed by atoms with Gasteiger partial charge in [0.1, 0.15) is 5.82 Å². The number of aromatic carboxylic acids is 1. The predicted octanol–water partition coefficient (Wildman–Crippen LogP) is 3.07. The van der Waals surface area contributed by atoms with Gasteiger partial charge in [-0.15, -0.1) is 0 Å². The van der Waals surface area contributed by atoms with Gasteiger partial charge in [0, 0.05) is 18.1 Å². The van der Waals surface area contributed by atoms with Gasteiger partial charge in [-0.25, -0.2) is 18.2 Å². The molecule has 8 nitrogen and oxygen atoms in total. The van der Waals surface area contributed by atoms with Crippen LogP contribution in [0.25, 0.3) is 0 Å². The molecular formula is C18H16N4O4S. The molecule has 0 fully saturated rings. The largest absolute Gasteiger partial charge is 0.478 e. The van der Waals surface area contributed by atoms with Crippen molar-refractivity contribution in [3.05, 3.63) is 66.4 Å². The molecule has 0 saturated carbocycles. The van der Waals surface area contributed by atoms with E-state index in [0.717, 1.165) is 6.26 Å². The van der Waals surface area contributed by atoms with Gasteiger partial charge in [-0.3, -0.25) is 0 Å². The van der Waals surface area contributed by atoms with Crippen LogP contribution in [0.4, 0.5) is 23.1 Å². The number of rotatable bonds is 6. The maximum absolute atomic E-state index is 11.9. The standard InChI is InChI=1S/C18H16N4O4S/c1-27(25,26)15-5-3-2-4-14(15)21-16-10-11-19-18(22-16)20-13-8-6-12(7-9-13)17(23)24/h2-11H,1H3,(H,23,24)(H2,19,20,21,22). The summed E-state index contributed by atoms with van der Waals surface area (Å²) in [5.74, 6) is -0.320. The number of carbonyl (C=O) groups is 1. The first-order chi connectivity index (χ1) is 12.8. The van der Waals surface area contributed by atoms with Crippen molar-refractivity contribution < 1.29 is 18.3 Å². The highest BCUT2D eigenvalue weighted by Crippen LogP contribution is 2.24. The number of benzene rings is 2. The van der Waals surface area contributed by atoms with E-state index in [1.165, 1.54) is 24.4 Å². The summed E-state index contributed by atoms with van der Waals surface area (Å²) >= 11 is 0. The maximum Gasteiger partial charge on any atom is 0.335 e. The van der Waals surface area contributed by atoms with Crippen LogP contribution in [0.2, 0.25) is 0 Å². The minimum absolute atomic E-state index is 0.169. The fourth-order valence-electron chi connectivity index (χ4n) is 2.35. The number of sulfone groups is 1. The highest BCUT2D eigenvalue weighted by atomic mass is 32.2. The highest BCUT2D eigenvalue weighted by Gasteiger charge is 2.13. The molecule has 0 saturated heterocycles. The fraction of sp³-hybridized carbons (Fsp3) is 0.0556. The highest BCUT2D eigenvalue weighted by molar-refractivity contribution is 7.90. The van der Waals surface area contributed by atoms with Gasteiger partial charge in [-0.05, 0) is 42.5 Å². The molecule has 1 heterocycles. The SMILES string of the molecule is CS(=O)(=O)c1ccccc1Nc1ccnc(Nc2ccc(C(=O)O)cc2)n1. The lowest BCUT2D eigenvalue weighted by atomic mass is 10.2. The molecule has 1 aromatic heterocycles. The number of carboxylic acid groups (broad SMARTS) is 1. The minimum atomic E-state index is -3.39. The van der Waals surface area contributed by atoms with Crippen molar-refractivity contribution in [2.75, 3.05) is 16.9 Å². The van der Waals surface area contributed by atoms with E-state index in [0.29, 0.717) is 17.2 Å². The van der Waals surface area contributed by atoms with E-state index < -0.39 is 15.8 Å². The summed E-state index contributed by atoms with van der Waals surface area (Å²) in [7, 11) is -3.39. The molecule has 0 aliphatic carbocycles. The molecular weight excluding hydrogens is 368 g/mol. The minimum Gasteiger partial charge on any atom is -0.478 e. The van der Waals surface area contributed by atoms with Crippen LogP contribution in [0.3, 0.4) is 0 Å². The third-order valence-corrected chi connectivity index (χ3v) is 4.75. The Morgan fingerprint density at radius 2 is 1.70 bits per heavy atom. The monoisotopic (exact) mass is 384 g/mol. The van der Waals surface area contributed by atoms with E-state index in [4.69, 9.17) is 5.11 Å². The average Bonchev–Trinajstić information content (AvgIpc) is 2.62. The van der Waals surface area contributed by atoms with Gasteiger partial charge >= 0.3 is 5.97 Å². The second-order valence-corrected chi connectivity index (χ2v) is 7.65. The number of nitrogens with one attached hydrogen (secondary N) is 2. The Balaban J connectivity index is 1.81. The molecule has 0 aliphatic heterocycles. The van der Waals surface area contributed by atoms with E-state index in [9.17, 15) is 13.2 Å². The summed E-state index contributed by atoms with van der Waals surface area (Å²) in [6, 6.07) is 14.3. The lowest BCUT2D eigenvalue weighted by Gasteiger charge is -2.11. The smallest absolute Gasteiger partial charge is 0.335 e. The molecule has 0 unspecified atom stereocenters. The van der Waals surface area contributed by atoms with Crippen LogP contribution >= 0.6 is 0 Å². The first kappa shape index (κ1) is 18.3. The fourth-order valence-corrected chi connectivity index (χ4v) is 3.19. The van der Waals surface area contributed by atoms with Crippen molar-refractivity contribution in [1.82, 2.24) is 9.97 Å². The van der Waals surface area contributed by atoms with E-state index >= 15 is 0 Å². The van der Waals surface area contributed by atoms with Crippen LogP contribution in [0, 0.1) is 0 Å². The molecule has 0 bridgehead atoms. The number of nitrogens with zero attached hydrogens (tertiary/aromatic N) is 2. The second kappa shape index (κ2) is 7.42. The van der Waals surface area contributed by atoms with Crippen LogP contribution < -0.4 is 10.6 Å². The van der Waals surface area contributed by atoms with Gasteiger partial charge in [-0.2, -0.15) is 4.98 Å². The van der Waals surface area contributed by atoms with Gasteiger partial charge in [0.15, 0.2) is 9.84 Å². The van der Waals surface area contributed by atoms with E-state index in [2.05, 4.69) is 20.6 Å². The van der Waals surface area contributed by atoms with Crippen molar-refractivity contribution in [2.24, 2.45) is 0 Å². The first-order valence-electron chi connectivity index (χ1n) is 7.82. The third kappa shape index (κ3) is 4.59. The van der Waals surface area contributed by atoms with Crippen LogP contribution in [-0.4, -0.2) is 35.7 Å². The third-order valence-electron chi connectivity index (χ3n) is 3.59. The number of para-hydroxylation sites is 1. The van der Waals surface area contributed by atoms with Crippen molar-refractivity contribution in [1.29, 1.82) is 0 Å².